The van der Waals surface area contributed by atoms with Gasteiger partial charge >= 0.3 is 0 Å². The fourth-order valence-electron chi connectivity index (χ4n) is 4.30. The van der Waals surface area contributed by atoms with Crippen molar-refractivity contribution in [3.8, 4) is 0 Å². The smallest absolute Gasteiger partial charge is 0.272 e. The topological polar surface area (TPSA) is 67.7 Å². The average molecular weight is 377 g/mol. The minimum Gasteiger partial charge on any atom is -0.383 e. The van der Waals surface area contributed by atoms with Gasteiger partial charge in [0.2, 0.25) is 5.91 Å². The maximum Gasteiger partial charge on any atom is 0.272 e. The molecule has 2 fully saturated rings. The van der Waals surface area contributed by atoms with Crippen molar-refractivity contribution in [2.75, 3.05) is 39.9 Å². The molecule has 7 heteroatoms. The number of carbonyl (C=O) groups is 2. The van der Waals surface area contributed by atoms with E-state index < -0.39 is 5.41 Å². The first-order chi connectivity index (χ1) is 12.9. The van der Waals surface area contributed by atoms with Gasteiger partial charge < -0.3 is 14.5 Å². The van der Waals surface area contributed by atoms with Crippen molar-refractivity contribution in [3.63, 3.8) is 0 Å². The lowest BCUT2D eigenvalue weighted by Gasteiger charge is -2.23. The van der Waals surface area contributed by atoms with Crippen molar-refractivity contribution >= 4 is 11.8 Å². The molecule has 1 atom stereocenters. The molecule has 2 saturated heterocycles. The van der Waals surface area contributed by atoms with Gasteiger partial charge in [-0.1, -0.05) is 13.8 Å². The number of likely N-dealkylation sites (tertiary alicyclic amines) is 2. The molecule has 3 rings (SSSR count). The number of ether oxygens (including phenoxy) is 1. The highest BCUT2D eigenvalue weighted by Gasteiger charge is 2.51. The Hall–Kier alpha value is -1.89. The lowest BCUT2D eigenvalue weighted by atomic mass is 9.85. The molecular formula is C20H32N4O3. The predicted octanol–water partition coefficient (Wildman–Crippen LogP) is 1.81. The molecule has 3 heterocycles. The SMILES string of the molecule is CCn1nc(CC(C)C)cc1C(=O)N1CCC2(CCN(CCOC)C2=O)C1. The summed E-state index contributed by atoms with van der Waals surface area (Å²) >= 11 is 0. The summed E-state index contributed by atoms with van der Waals surface area (Å²) in [4.78, 5) is 29.8. The minimum absolute atomic E-state index is 0.000581. The van der Waals surface area contributed by atoms with Crippen molar-refractivity contribution in [2.24, 2.45) is 11.3 Å². The Bertz CT molecular complexity index is 699. The Morgan fingerprint density at radius 3 is 2.74 bits per heavy atom. The Kier molecular flexibility index (Phi) is 5.89. The van der Waals surface area contributed by atoms with E-state index in [1.54, 1.807) is 11.8 Å². The zero-order chi connectivity index (χ0) is 19.6. The third-order valence-electron chi connectivity index (χ3n) is 5.77. The first-order valence-electron chi connectivity index (χ1n) is 10.0. The van der Waals surface area contributed by atoms with Crippen molar-refractivity contribution < 1.29 is 14.3 Å². The molecule has 0 aliphatic carbocycles. The van der Waals surface area contributed by atoms with E-state index in [0.717, 1.165) is 31.5 Å². The molecule has 27 heavy (non-hydrogen) atoms. The number of nitrogens with zero attached hydrogens (tertiary/aromatic N) is 4. The van der Waals surface area contributed by atoms with E-state index in [2.05, 4.69) is 18.9 Å². The Morgan fingerprint density at radius 1 is 1.33 bits per heavy atom. The second kappa shape index (κ2) is 8.00. The van der Waals surface area contributed by atoms with Crippen LogP contribution in [0.4, 0.5) is 0 Å². The second-order valence-corrected chi connectivity index (χ2v) is 8.23. The van der Waals surface area contributed by atoms with Gasteiger partial charge in [0.05, 0.1) is 17.7 Å². The molecule has 2 aliphatic heterocycles. The molecule has 0 bridgehead atoms. The second-order valence-electron chi connectivity index (χ2n) is 8.23. The van der Waals surface area contributed by atoms with Gasteiger partial charge in [0.1, 0.15) is 5.69 Å². The number of hydrogen-bond acceptors (Lipinski definition) is 4. The third kappa shape index (κ3) is 3.88. The first kappa shape index (κ1) is 19.9. The summed E-state index contributed by atoms with van der Waals surface area (Å²) in [6.45, 7) is 10.1. The van der Waals surface area contributed by atoms with Crippen molar-refractivity contribution in [3.05, 3.63) is 17.5 Å². The van der Waals surface area contributed by atoms with Crippen LogP contribution in [0.3, 0.4) is 0 Å². The summed E-state index contributed by atoms with van der Waals surface area (Å²) in [5.41, 5.74) is 1.21. The lowest BCUT2D eigenvalue weighted by Crippen LogP contribution is -2.39. The highest BCUT2D eigenvalue weighted by Crippen LogP contribution is 2.41. The minimum atomic E-state index is -0.402. The third-order valence-corrected chi connectivity index (χ3v) is 5.77. The molecule has 1 unspecified atom stereocenters. The fraction of sp³-hybridized carbons (Fsp3) is 0.750. The fourth-order valence-corrected chi connectivity index (χ4v) is 4.30. The van der Waals surface area contributed by atoms with Gasteiger partial charge in [-0.15, -0.1) is 0 Å². The first-order valence-corrected chi connectivity index (χ1v) is 10.0. The molecule has 2 aliphatic rings. The quantitative estimate of drug-likeness (QED) is 0.728. The van der Waals surface area contributed by atoms with Crippen LogP contribution in [0.15, 0.2) is 6.07 Å². The Balaban J connectivity index is 1.71. The normalized spacial score (nSPS) is 22.6. The number of rotatable bonds is 7. The van der Waals surface area contributed by atoms with Crippen LogP contribution in [0.25, 0.3) is 0 Å². The van der Waals surface area contributed by atoms with Gasteiger partial charge in [0.15, 0.2) is 0 Å². The summed E-state index contributed by atoms with van der Waals surface area (Å²) in [6, 6.07) is 1.93. The standard InChI is InChI=1S/C20H32N4O3/c1-5-24-17(13-16(21-24)12-15(2)3)18(25)23-9-7-20(14-23)6-8-22(19(20)26)10-11-27-4/h13,15H,5-12,14H2,1-4H3. The summed E-state index contributed by atoms with van der Waals surface area (Å²) in [7, 11) is 1.65. The molecule has 0 N–H and O–H groups in total. The molecule has 7 nitrogen and oxygen atoms in total. The number of aromatic nitrogens is 2. The number of aryl methyl sites for hydroxylation is 1. The van der Waals surface area contributed by atoms with E-state index in [0.29, 0.717) is 44.4 Å². The monoisotopic (exact) mass is 376 g/mol. The number of hydrogen-bond donors (Lipinski definition) is 0. The molecule has 150 valence electrons. The maximum atomic E-state index is 13.1. The summed E-state index contributed by atoms with van der Waals surface area (Å²) in [6.07, 6.45) is 2.44. The highest BCUT2D eigenvalue weighted by atomic mass is 16.5. The molecule has 0 radical (unpaired) electrons. The zero-order valence-electron chi connectivity index (χ0n) is 17.0. The number of carbonyl (C=O) groups excluding carboxylic acids is 2. The summed E-state index contributed by atoms with van der Waals surface area (Å²) in [5.74, 6) is 0.677. The van der Waals surface area contributed by atoms with Crippen molar-refractivity contribution in [1.82, 2.24) is 19.6 Å². The van der Waals surface area contributed by atoms with Crippen LogP contribution in [-0.2, 0) is 22.5 Å². The van der Waals surface area contributed by atoms with Gasteiger partial charge in [-0.05, 0) is 38.2 Å². The largest absolute Gasteiger partial charge is 0.383 e. The molecule has 0 saturated carbocycles. The van der Waals surface area contributed by atoms with E-state index in [1.807, 2.05) is 22.8 Å². The number of amides is 2. The maximum absolute atomic E-state index is 13.1. The summed E-state index contributed by atoms with van der Waals surface area (Å²) in [5, 5.41) is 4.59. The van der Waals surface area contributed by atoms with E-state index >= 15 is 0 Å². The van der Waals surface area contributed by atoms with Crippen LogP contribution < -0.4 is 0 Å². The molecular weight excluding hydrogens is 344 g/mol. The van der Waals surface area contributed by atoms with Crippen LogP contribution in [-0.4, -0.2) is 71.3 Å². The lowest BCUT2D eigenvalue weighted by molar-refractivity contribution is -0.135. The summed E-state index contributed by atoms with van der Waals surface area (Å²) < 4.78 is 6.91. The van der Waals surface area contributed by atoms with Crippen LogP contribution in [0, 0.1) is 11.3 Å². The molecule has 1 aromatic rings. The van der Waals surface area contributed by atoms with Gasteiger partial charge in [0.25, 0.3) is 5.91 Å². The Labute approximate surface area is 161 Å². The molecule has 1 aromatic heterocycles. The molecule has 2 amide bonds. The van der Waals surface area contributed by atoms with E-state index in [9.17, 15) is 9.59 Å². The van der Waals surface area contributed by atoms with Crippen molar-refractivity contribution in [1.29, 1.82) is 0 Å². The molecule has 0 aromatic carbocycles. The average Bonchev–Trinajstić information content (AvgIpc) is 3.32. The highest BCUT2D eigenvalue weighted by molar-refractivity contribution is 5.94. The van der Waals surface area contributed by atoms with E-state index in [1.165, 1.54) is 0 Å². The molecule has 1 spiro atoms. The van der Waals surface area contributed by atoms with Crippen LogP contribution >= 0.6 is 0 Å². The van der Waals surface area contributed by atoms with E-state index in [-0.39, 0.29) is 11.8 Å². The van der Waals surface area contributed by atoms with E-state index in [4.69, 9.17) is 4.74 Å². The van der Waals surface area contributed by atoms with Gasteiger partial charge in [-0.2, -0.15) is 5.10 Å². The van der Waals surface area contributed by atoms with Crippen LogP contribution in [0.1, 0.15) is 49.8 Å². The number of methoxy groups -OCH3 is 1. The zero-order valence-corrected chi connectivity index (χ0v) is 17.0. The van der Waals surface area contributed by atoms with Crippen LogP contribution in [0.5, 0.6) is 0 Å². The van der Waals surface area contributed by atoms with Gasteiger partial charge in [0, 0.05) is 39.8 Å². The van der Waals surface area contributed by atoms with Crippen LogP contribution in [0.2, 0.25) is 0 Å². The van der Waals surface area contributed by atoms with Crippen molar-refractivity contribution in [2.45, 2.75) is 46.6 Å². The predicted molar refractivity (Wildman–Crippen MR) is 102 cm³/mol. The van der Waals surface area contributed by atoms with Gasteiger partial charge in [-0.25, -0.2) is 0 Å². The Morgan fingerprint density at radius 2 is 2.07 bits per heavy atom. The van der Waals surface area contributed by atoms with Gasteiger partial charge in [-0.3, -0.25) is 14.3 Å².